The van der Waals surface area contributed by atoms with Gasteiger partial charge in [-0.15, -0.1) is 22.9 Å². The summed E-state index contributed by atoms with van der Waals surface area (Å²) in [5.74, 6) is -0.213. The van der Waals surface area contributed by atoms with Crippen LogP contribution >= 0.6 is 34.5 Å². The summed E-state index contributed by atoms with van der Waals surface area (Å²) in [7, 11) is 0. The minimum Gasteiger partial charge on any atom is -0.508 e. The van der Waals surface area contributed by atoms with Crippen LogP contribution in [0, 0.1) is 18.3 Å². The van der Waals surface area contributed by atoms with E-state index in [4.69, 9.17) is 23.2 Å². The van der Waals surface area contributed by atoms with Gasteiger partial charge in [-0.3, -0.25) is 9.69 Å². The molecule has 0 radical (unpaired) electrons. The molecule has 206 valence electrons. The largest absolute Gasteiger partial charge is 0.508 e. The number of para-hydroxylation sites is 2. The van der Waals surface area contributed by atoms with Gasteiger partial charge in [-0.2, -0.15) is 10.4 Å². The van der Waals surface area contributed by atoms with Crippen LogP contribution in [0.4, 0.5) is 5.00 Å². The lowest BCUT2D eigenvalue weighted by atomic mass is 9.77. The van der Waals surface area contributed by atoms with Gasteiger partial charge in [-0.25, -0.2) is 4.68 Å². The van der Waals surface area contributed by atoms with E-state index in [1.807, 2.05) is 55.5 Å². The van der Waals surface area contributed by atoms with Crippen molar-refractivity contribution in [2.75, 3.05) is 4.90 Å². The predicted molar refractivity (Wildman–Crippen MR) is 165 cm³/mol. The molecule has 1 aliphatic carbocycles. The van der Waals surface area contributed by atoms with Gasteiger partial charge in [0.15, 0.2) is 0 Å². The molecule has 0 saturated carbocycles. The quantitative estimate of drug-likeness (QED) is 0.186. The predicted octanol–water partition coefficient (Wildman–Crippen LogP) is 7.95. The van der Waals surface area contributed by atoms with Crippen molar-refractivity contribution in [2.45, 2.75) is 44.0 Å². The highest BCUT2D eigenvalue weighted by Crippen LogP contribution is 2.53. The summed E-state index contributed by atoms with van der Waals surface area (Å²) in [5, 5.41) is 25.7. The summed E-state index contributed by atoms with van der Waals surface area (Å²) >= 11 is 14.7. The Morgan fingerprint density at radius 3 is 2.56 bits per heavy atom. The number of phenolic OH excluding ortho intramolecular Hbond substituents is 1. The lowest BCUT2D eigenvalue weighted by Gasteiger charge is -2.44. The number of allylic oxidation sites excluding steroid dienone is 2. The third kappa shape index (κ3) is 4.47. The molecule has 1 saturated heterocycles. The molecule has 3 heterocycles. The molecule has 2 aromatic heterocycles. The molecule has 1 fully saturated rings. The van der Waals surface area contributed by atoms with Crippen LogP contribution in [0.5, 0.6) is 5.75 Å². The van der Waals surface area contributed by atoms with Gasteiger partial charge in [-0.1, -0.05) is 67.9 Å². The van der Waals surface area contributed by atoms with E-state index >= 15 is 0 Å². The summed E-state index contributed by atoms with van der Waals surface area (Å²) < 4.78 is 1.72. The highest BCUT2D eigenvalue weighted by Gasteiger charge is 2.51. The van der Waals surface area contributed by atoms with Crippen molar-refractivity contribution in [2.24, 2.45) is 0 Å². The van der Waals surface area contributed by atoms with E-state index in [1.165, 1.54) is 11.3 Å². The molecule has 1 amide bonds. The van der Waals surface area contributed by atoms with Gasteiger partial charge < -0.3 is 5.11 Å². The number of aromatic hydroxyl groups is 1. The van der Waals surface area contributed by atoms with Crippen molar-refractivity contribution in [1.29, 1.82) is 5.26 Å². The van der Waals surface area contributed by atoms with E-state index in [0.717, 1.165) is 39.4 Å². The summed E-state index contributed by atoms with van der Waals surface area (Å²) in [5.41, 5.74) is 5.08. The second kappa shape index (κ2) is 10.2. The maximum Gasteiger partial charge on any atom is 0.248 e. The molecule has 1 aliphatic heterocycles. The average Bonchev–Trinajstić information content (AvgIpc) is 3.47. The Labute approximate surface area is 252 Å². The fourth-order valence-corrected chi connectivity index (χ4v) is 7.69. The fourth-order valence-electron chi connectivity index (χ4n) is 5.63. The molecule has 2 aliphatic rings. The second-order valence-electron chi connectivity index (χ2n) is 10.9. The normalized spacial score (nSPS) is 19.6. The fraction of sp³-hybridized carbons (Fsp3) is 0.219. The summed E-state index contributed by atoms with van der Waals surface area (Å²) in [6.45, 7) is 6.21. The molecule has 0 bridgehead atoms. The van der Waals surface area contributed by atoms with Gasteiger partial charge in [0.25, 0.3) is 0 Å². The number of aromatic nitrogens is 2. The van der Waals surface area contributed by atoms with Crippen LogP contribution < -0.4 is 4.90 Å². The van der Waals surface area contributed by atoms with Crippen molar-refractivity contribution < 1.29 is 9.90 Å². The number of amides is 1. The van der Waals surface area contributed by atoms with Crippen molar-refractivity contribution in [3.05, 3.63) is 104 Å². The number of carbonyl (C=O) groups excluding carboxylic acids is 1. The molecule has 6 nitrogen and oxygen atoms in total. The SMILES string of the molecule is Cc1nn(-c2ccccc2)c(Cl)c1/C=C\C1=Cc2c(sc(N3C(=O)C(Cl)C3c3ccccc3O)c2C#N)C(C)(C)C1. The number of rotatable bonds is 5. The van der Waals surface area contributed by atoms with Crippen LogP contribution in [0.2, 0.25) is 5.15 Å². The van der Waals surface area contributed by atoms with E-state index in [9.17, 15) is 15.2 Å². The molecule has 1 N–H and O–H groups in total. The number of nitriles is 1. The molecule has 2 aromatic carbocycles. The molecule has 4 aromatic rings. The third-order valence-corrected chi connectivity index (χ3v) is 10.0. The molecule has 0 spiro atoms. The lowest BCUT2D eigenvalue weighted by molar-refractivity contribution is -0.123. The summed E-state index contributed by atoms with van der Waals surface area (Å²) in [4.78, 5) is 15.7. The number of thiophene rings is 1. The number of benzene rings is 2. The molecular weight excluding hydrogens is 575 g/mol. The van der Waals surface area contributed by atoms with Crippen LogP contribution in [0.1, 0.15) is 59.1 Å². The zero-order valence-electron chi connectivity index (χ0n) is 22.6. The van der Waals surface area contributed by atoms with Crippen molar-refractivity contribution in [3.63, 3.8) is 0 Å². The lowest BCUT2D eigenvalue weighted by Crippen LogP contribution is -2.56. The first-order valence-electron chi connectivity index (χ1n) is 13.1. The van der Waals surface area contributed by atoms with E-state index in [1.54, 1.807) is 33.8 Å². The van der Waals surface area contributed by atoms with Gasteiger partial charge in [0.05, 0.1) is 23.0 Å². The number of β-lactam (4-membered cyclic amide) rings is 1. The minimum atomic E-state index is -0.819. The van der Waals surface area contributed by atoms with E-state index < -0.39 is 11.4 Å². The number of halogens is 2. The number of alkyl halides is 1. The Kier molecular flexibility index (Phi) is 6.82. The number of hydrogen-bond donors (Lipinski definition) is 1. The summed E-state index contributed by atoms with van der Waals surface area (Å²) in [6.07, 6.45) is 6.77. The van der Waals surface area contributed by atoms with E-state index in [-0.39, 0.29) is 17.1 Å². The smallest absolute Gasteiger partial charge is 0.248 e. The minimum absolute atomic E-state index is 0.0673. The molecule has 41 heavy (non-hydrogen) atoms. The maximum atomic E-state index is 13.1. The van der Waals surface area contributed by atoms with Gasteiger partial charge in [-0.05, 0) is 49.3 Å². The highest BCUT2D eigenvalue weighted by atomic mass is 35.5. The second-order valence-corrected chi connectivity index (χ2v) is 12.7. The number of anilines is 1. The molecule has 9 heteroatoms. The van der Waals surface area contributed by atoms with Gasteiger partial charge >= 0.3 is 0 Å². The number of aryl methyl sites for hydroxylation is 1. The van der Waals surface area contributed by atoms with Crippen molar-refractivity contribution >= 4 is 57.6 Å². The van der Waals surface area contributed by atoms with Crippen LogP contribution in [-0.4, -0.2) is 26.2 Å². The number of phenols is 1. The first-order chi connectivity index (χ1) is 19.6. The zero-order chi connectivity index (χ0) is 29.1. The Bertz CT molecular complexity index is 1800. The monoisotopic (exact) mass is 600 g/mol. The number of fused-ring (bicyclic) bond motifs is 1. The summed E-state index contributed by atoms with van der Waals surface area (Å²) in [6, 6.07) is 18.4. The first-order valence-corrected chi connectivity index (χ1v) is 14.8. The Morgan fingerprint density at radius 1 is 1.15 bits per heavy atom. The van der Waals surface area contributed by atoms with Crippen LogP contribution in [0.25, 0.3) is 17.8 Å². The van der Waals surface area contributed by atoms with Crippen LogP contribution in [-0.2, 0) is 10.2 Å². The van der Waals surface area contributed by atoms with Crippen molar-refractivity contribution in [1.82, 2.24) is 9.78 Å². The van der Waals surface area contributed by atoms with E-state index in [2.05, 4.69) is 25.0 Å². The van der Waals surface area contributed by atoms with Crippen LogP contribution in [0.3, 0.4) is 0 Å². The first kappa shape index (κ1) is 27.3. The van der Waals surface area contributed by atoms with Gasteiger partial charge in [0.2, 0.25) is 5.91 Å². The molecule has 2 unspecified atom stereocenters. The third-order valence-electron chi connectivity index (χ3n) is 7.64. The van der Waals surface area contributed by atoms with Crippen molar-refractivity contribution in [3.8, 4) is 17.5 Å². The van der Waals surface area contributed by atoms with E-state index in [0.29, 0.717) is 21.3 Å². The van der Waals surface area contributed by atoms with Gasteiger partial charge in [0, 0.05) is 27.0 Å². The Hall–Kier alpha value is -3.83. The number of nitrogens with zero attached hydrogens (tertiary/aromatic N) is 4. The Morgan fingerprint density at radius 2 is 1.85 bits per heavy atom. The van der Waals surface area contributed by atoms with Gasteiger partial charge in [0.1, 0.15) is 27.4 Å². The zero-order valence-corrected chi connectivity index (χ0v) is 24.9. The molecular formula is C32H26Cl2N4O2S. The standard InChI is InChI=1S/C32H26Cl2N4O2S/c1-18-21(29(34)38(36-18)20-9-5-4-6-10-20)14-13-19-15-23-24(17-35)31(41-28(23)32(2,3)16-19)37-27(26(33)30(37)40)22-11-7-8-12-25(22)39/h4-15,26-27,39H,16H2,1-3H3/b14-13-. The topological polar surface area (TPSA) is 82.2 Å². The van der Waals surface area contributed by atoms with Crippen LogP contribution in [0.15, 0.2) is 66.2 Å². The molecule has 2 atom stereocenters. The number of carbonyl (C=O) groups is 1. The molecule has 6 rings (SSSR count). The number of hydrogen-bond acceptors (Lipinski definition) is 5. The Balaban J connectivity index is 1.39. The highest BCUT2D eigenvalue weighted by molar-refractivity contribution is 7.17. The average molecular weight is 602 g/mol. The maximum absolute atomic E-state index is 13.1.